The van der Waals surface area contributed by atoms with Crippen molar-refractivity contribution in [1.29, 1.82) is 0 Å². The molecule has 0 bridgehead atoms. The van der Waals surface area contributed by atoms with Crippen LogP contribution in [0.4, 0.5) is 4.39 Å². The van der Waals surface area contributed by atoms with E-state index in [2.05, 4.69) is 20.6 Å². The first kappa shape index (κ1) is 22.0. The van der Waals surface area contributed by atoms with Crippen molar-refractivity contribution in [2.45, 2.75) is 13.0 Å². The van der Waals surface area contributed by atoms with Gasteiger partial charge in [0.15, 0.2) is 5.96 Å². The second kappa shape index (κ2) is 10.4. The maximum Gasteiger partial charge on any atom is 0.253 e. The maximum absolute atomic E-state index is 13.0. The number of aliphatic imine (C=N–C) groups is 1. The number of carbonyl (C=O) groups excluding carboxylic acids is 1. The zero-order valence-electron chi connectivity index (χ0n) is 17.9. The molecule has 0 aliphatic carbocycles. The first-order valence-electron chi connectivity index (χ1n) is 9.91. The lowest BCUT2D eigenvalue weighted by molar-refractivity contribution is 0.0827. The van der Waals surface area contributed by atoms with E-state index >= 15 is 0 Å². The van der Waals surface area contributed by atoms with Crippen LogP contribution in [0, 0.1) is 5.82 Å². The minimum atomic E-state index is -0.295. The quantitative estimate of drug-likeness (QED) is 0.451. The molecular formula is C23H26FN5O2. The van der Waals surface area contributed by atoms with E-state index < -0.39 is 0 Å². The van der Waals surface area contributed by atoms with Crippen LogP contribution in [0.1, 0.15) is 21.6 Å². The van der Waals surface area contributed by atoms with Gasteiger partial charge in [-0.2, -0.15) is 0 Å². The number of guanidine groups is 1. The maximum atomic E-state index is 13.0. The molecule has 0 spiro atoms. The van der Waals surface area contributed by atoms with E-state index in [-0.39, 0.29) is 11.7 Å². The lowest BCUT2D eigenvalue weighted by atomic mass is 10.1. The highest BCUT2D eigenvalue weighted by Crippen LogP contribution is 2.19. The molecule has 1 amide bonds. The minimum Gasteiger partial charge on any atom is -0.444 e. The number of hydrogen-bond donors (Lipinski definition) is 2. The molecule has 162 valence electrons. The molecule has 0 saturated carbocycles. The molecule has 7 nitrogen and oxygen atoms in total. The van der Waals surface area contributed by atoms with Gasteiger partial charge in [-0.25, -0.2) is 9.37 Å². The summed E-state index contributed by atoms with van der Waals surface area (Å²) in [5.41, 5.74) is 3.22. The first-order chi connectivity index (χ1) is 15.0. The van der Waals surface area contributed by atoms with Gasteiger partial charge in [0.2, 0.25) is 5.89 Å². The molecule has 0 fully saturated rings. The number of aromatic nitrogens is 1. The van der Waals surface area contributed by atoms with Crippen molar-refractivity contribution in [3.8, 4) is 11.5 Å². The van der Waals surface area contributed by atoms with Crippen LogP contribution in [0.2, 0.25) is 0 Å². The summed E-state index contributed by atoms with van der Waals surface area (Å²) in [5, 5.41) is 6.48. The van der Waals surface area contributed by atoms with Crippen molar-refractivity contribution in [2.24, 2.45) is 4.99 Å². The summed E-state index contributed by atoms with van der Waals surface area (Å²) in [6.07, 6.45) is 2.25. The molecule has 0 unspecified atom stereocenters. The van der Waals surface area contributed by atoms with E-state index in [0.717, 1.165) is 16.8 Å². The molecule has 0 aliphatic heterocycles. The molecule has 0 radical (unpaired) electrons. The monoisotopic (exact) mass is 423 g/mol. The number of halogens is 1. The van der Waals surface area contributed by atoms with Gasteiger partial charge in [-0.15, -0.1) is 0 Å². The Bertz CT molecular complexity index is 1030. The number of rotatable bonds is 7. The smallest absolute Gasteiger partial charge is 0.253 e. The first-order valence-corrected chi connectivity index (χ1v) is 9.91. The number of amides is 1. The number of hydrogen-bond acceptors (Lipinski definition) is 4. The van der Waals surface area contributed by atoms with E-state index in [1.165, 1.54) is 12.1 Å². The van der Waals surface area contributed by atoms with Gasteiger partial charge in [0, 0.05) is 51.8 Å². The summed E-state index contributed by atoms with van der Waals surface area (Å²) in [4.78, 5) is 22.2. The third kappa shape index (κ3) is 6.15. The molecular weight excluding hydrogens is 397 g/mol. The van der Waals surface area contributed by atoms with Crippen LogP contribution < -0.4 is 10.6 Å². The highest BCUT2D eigenvalue weighted by Gasteiger charge is 2.09. The Hall–Kier alpha value is -3.68. The van der Waals surface area contributed by atoms with Crippen LogP contribution in [-0.2, 0) is 13.0 Å². The predicted molar refractivity (Wildman–Crippen MR) is 118 cm³/mol. The Kier molecular flexibility index (Phi) is 7.37. The number of benzene rings is 2. The third-order valence-corrected chi connectivity index (χ3v) is 4.61. The summed E-state index contributed by atoms with van der Waals surface area (Å²) in [7, 11) is 5.17. The molecule has 0 aliphatic rings. The average molecular weight is 423 g/mol. The van der Waals surface area contributed by atoms with Crippen molar-refractivity contribution in [3.05, 3.63) is 77.4 Å². The van der Waals surface area contributed by atoms with Gasteiger partial charge in [0.1, 0.15) is 12.1 Å². The molecule has 3 aromatic rings. The van der Waals surface area contributed by atoms with Gasteiger partial charge in [-0.1, -0.05) is 12.1 Å². The van der Waals surface area contributed by atoms with Crippen molar-refractivity contribution < 1.29 is 13.6 Å². The number of nitrogens with zero attached hydrogens (tertiary/aromatic N) is 3. The second-order valence-corrected chi connectivity index (χ2v) is 7.15. The fourth-order valence-electron chi connectivity index (χ4n) is 2.89. The van der Waals surface area contributed by atoms with Gasteiger partial charge < -0.3 is 20.0 Å². The van der Waals surface area contributed by atoms with E-state index in [9.17, 15) is 9.18 Å². The topological polar surface area (TPSA) is 82.8 Å². The number of carbonyl (C=O) groups is 1. The van der Waals surface area contributed by atoms with E-state index in [1.54, 1.807) is 44.4 Å². The molecule has 2 N–H and O–H groups in total. The van der Waals surface area contributed by atoms with Crippen molar-refractivity contribution in [2.75, 3.05) is 27.7 Å². The Balaban J connectivity index is 1.46. The molecule has 3 rings (SSSR count). The van der Waals surface area contributed by atoms with Gasteiger partial charge in [0.25, 0.3) is 5.91 Å². The highest BCUT2D eigenvalue weighted by molar-refractivity contribution is 5.93. The van der Waals surface area contributed by atoms with Gasteiger partial charge >= 0.3 is 0 Å². The van der Waals surface area contributed by atoms with Crippen molar-refractivity contribution in [1.82, 2.24) is 20.5 Å². The average Bonchev–Trinajstić information content (AvgIpc) is 3.25. The molecule has 0 saturated heterocycles. The molecule has 1 aromatic heterocycles. The Morgan fingerprint density at radius 3 is 2.45 bits per heavy atom. The fourth-order valence-corrected chi connectivity index (χ4v) is 2.89. The van der Waals surface area contributed by atoms with E-state index in [4.69, 9.17) is 4.42 Å². The Morgan fingerprint density at radius 1 is 1.10 bits per heavy atom. The predicted octanol–water partition coefficient (Wildman–Crippen LogP) is 3.09. The molecule has 8 heteroatoms. The summed E-state index contributed by atoms with van der Waals surface area (Å²) >= 11 is 0. The van der Waals surface area contributed by atoms with Crippen LogP contribution in [0.5, 0.6) is 0 Å². The summed E-state index contributed by atoms with van der Waals surface area (Å²) in [6, 6.07) is 13.5. The molecule has 2 aromatic carbocycles. The van der Waals surface area contributed by atoms with Crippen LogP contribution in [0.15, 0.2) is 64.2 Å². The summed E-state index contributed by atoms with van der Waals surface area (Å²) in [5.74, 6) is 0.813. The largest absolute Gasteiger partial charge is 0.444 e. The second-order valence-electron chi connectivity index (χ2n) is 7.15. The van der Waals surface area contributed by atoms with Crippen LogP contribution >= 0.6 is 0 Å². The highest BCUT2D eigenvalue weighted by atomic mass is 19.1. The standard InChI is InChI=1S/C23H26FN5O2/c1-25-23(27-14-16-4-6-18(7-5-16)22(30)29(2)3)26-13-12-20-15-31-21(28-20)17-8-10-19(24)11-9-17/h4-11,15H,12-14H2,1-3H3,(H2,25,26,27). The Labute approximate surface area is 181 Å². The zero-order chi connectivity index (χ0) is 22.2. The van der Waals surface area contributed by atoms with Crippen LogP contribution in [0.25, 0.3) is 11.5 Å². The van der Waals surface area contributed by atoms with Gasteiger partial charge in [0.05, 0.1) is 5.69 Å². The number of nitrogens with one attached hydrogen (secondary N) is 2. The lowest BCUT2D eigenvalue weighted by Crippen LogP contribution is -2.37. The SMILES string of the molecule is CN=C(NCCc1coc(-c2ccc(F)cc2)n1)NCc1ccc(C(=O)N(C)C)cc1. The molecule has 0 atom stereocenters. The van der Waals surface area contributed by atoms with Crippen molar-refractivity contribution >= 4 is 11.9 Å². The lowest BCUT2D eigenvalue weighted by Gasteiger charge is -2.13. The van der Waals surface area contributed by atoms with Crippen molar-refractivity contribution in [3.63, 3.8) is 0 Å². The van der Waals surface area contributed by atoms with Gasteiger partial charge in [-0.3, -0.25) is 9.79 Å². The van der Waals surface area contributed by atoms with E-state index in [0.29, 0.717) is 36.9 Å². The van der Waals surface area contributed by atoms with Crippen LogP contribution in [-0.4, -0.2) is 49.4 Å². The zero-order valence-corrected chi connectivity index (χ0v) is 17.9. The fraction of sp³-hybridized carbons (Fsp3) is 0.261. The normalized spacial score (nSPS) is 11.3. The summed E-state index contributed by atoms with van der Waals surface area (Å²) < 4.78 is 18.5. The Morgan fingerprint density at radius 2 is 1.81 bits per heavy atom. The molecule has 1 heterocycles. The van der Waals surface area contributed by atoms with Crippen LogP contribution in [0.3, 0.4) is 0 Å². The third-order valence-electron chi connectivity index (χ3n) is 4.61. The van der Waals surface area contributed by atoms with E-state index in [1.807, 2.05) is 24.3 Å². The molecule has 31 heavy (non-hydrogen) atoms. The number of oxazole rings is 1. The minimum absolute atomic E-state index is 0.0209. The summed E-state index contributed by atoms with van der Waals surface area (Å²) in [6.45, 7) is 1.19. The van der Waals surface area contributed by atoms with Gasteiger partial charge in [-0.05, 0) is 42.0 Å².